The lowest BCUT2D eigenvalue weighted by Crippen LogP contribution is -2.40. The third kappa shape index (κ3) is 2.85. The summed E-state index contributed by atoms with van der Waals surface area (Å²) in [5.74, 6) is -0.810. The second-order valence-electron chi connectivity index (χ2n) is 7.13. The SMILES string of the molecule is Cn1ncc(C#N)c1NC(=O)c1ccc2c(c1)C(=O)N(C1CCCCC1)C2=O. The molecule has 0 bridgehead atoms. The van der Waals surface area contributed by atoms with Crippen LogP contribution in [0.4, 0.5) is 5.82 Å². The predicted octanol–water partition coefficient (Wildman–Crippen LogP) is 2.47. The van der Waals surface area contributed by atoms with Crippen molar-refractivity contribution in [2.45, 2.75) is 38.1 Å². The Hall–Kier alpha value is -3.47. The number of hydrogen-bond donors (Lipinski definition) is 1. The molecule has 3 amide bonds. The molecule has 1 aliphatic heterocycles. The van der Waals surface area contributed by atoms with Crippen LogP contribution >= 0.6 is 0 Å². The fourth-order valence-electron chi connectivity index (χ4n) is 3.92. The highest BCUT2D eigenvalue weighted by Crippen LogP contribution is 2.31. The van der Waals surface area contributed by atoms with Crippen molar-refractivity contribution in [1.29, 1.82) is 5.26 Å². The van der Waals surface area contributed by atoms with E-state index in [2.05, 4.69) is 10.4 Å². The van der Waals surface area contributed by atoms with Crippen molar-refractivity contribution >= 4 is 23.5 Å². The molecule has 1 aromatic carbocycles. The summed E-state index contributed by atoms with van der Waals surface area (Å²) >= 11 is 0. The molecule has 142 valence electrons. The van der Waals surface area contributed by atoms with Crippen LogP contribution in [0.3, 0.4) is 0 Å². The summed E-state index contributed by atoms with van der Waals surface area (Å²) in [6.07, 6.45) is 6.17. The van der Waals surface area contributed by atoms with E-state index in [0.29, 0.717) is 5.56 Å². The van der Waals surface area contributed by atoms with E-state index in [-0.39, 0.29) is 40.4 Å². The first-order valence-corrected chi connectivity index (χ1v) is 9.26. The van der Waals surface area contributed by atoms with Crippen molar-refractivity contribution in [3.05, 3.63) is 46.6 Å². The van der Waals surface area contributed by atoms with Crippen molar-refractivity contribution in [1.82, 2.24) is 14.7 Å². The Kier molecular flexibility index (Phi) is 4.43. The Balaban J connectivity index is 1.60. The number of hydrogen-bond acceptors (Lipinski definition) is 5. The summed E-state index contributed by atoms with van der Waals surface area (Å²) in [5.41, 5.74) is 1.08. The molecule has 2 aliphatic rings. The van der Waals surface area contributed by atoms with Crippen LogP contribution in [0.25, 0.3) is 0 Å². The molecule has 0 saturated heterocycles. The maximum Gasteiger partial charge on any atom is 0.261 e. The molecular weight excluding hydrogens is 358 g/mol. The molecule has 0 unspecified atom stereocenters. The summed E-state index contributed by atoms with van der Waals surface area (Å²) in [5, 5.41) is 15.7. The van der Waals surface area contributed by atoms with Gasteiger partial charge < -0.3 is 5.32 Å². The molecule has 0 radical (unpaired) electrons. The van der Waals surface area contributed by atoms with E-state index in [0.717, 1.165) is 32.1 Å². The molecule has 2 aromatic rings. The molecule has 0 spiro atoms. The Bertz CT molecular complexity index is 1030. The summed E-state index contributed by atoms with van der Waals surface area (Å²) in [6, 6.07) is 6.41. The lowest BCUT2D eigenvalue weighted by atomic mass is 9.94. The monoisotopic (exact) mass is 377 g/mol. The number of fused-ring (bicyclic) bond motifs is 1. The zero-order valence-electron chi connectivity index (χ0n) is 15.4. The van der Waals surface area contributed by atoms with E-state index < -0.39 is 5.91 Å². The highest BCUT2D eigenvalue weighted by atomic mass is 16.2. The normalized spacial score (nSPS) is 16.8. The molecule has 4 rings (SSSR count). The van der Waals surface area contributed by atoms with Gasteiger partial charge in [0.25, 0.3) is 17.7 Å². The number of benzene rings is 1. The van der Waals surface area contributed by atoms with Gasteiger partial charge in [-0.05, 0) is 31.0 Å². The predicted molar refractivity (Wildman–Crippen MR) is 99.7 cm³/mol. The number of nitriles is 1. The van der Waals surface area contributed by atoms with Crippen LogP contribution in [0.15, 0.2) is 24.4 Å². The maximum atomic E-state index is 12.9. The number of carbonyl (C=O) groups excluding carboxylic acids is 3. The highest BCUT2D eigenvalue weighted by molar-refractivity contribution is 6.22. The highest BCUT2D eigenvalue weighted by Gasteiger charge is 2.40. The van der Waals surface area contributed by atoms with Crippen LogP contribution in [0.1, 0.15) is 68.7 Å². The van der Waals surface area contributed by atoms with Gasteiger partial charge in [0.05, 0.1) is 17.3 Å². The summed E-state index contributed by atoms with van der Waals surface area (Å²) in [6.45, 7) is 0. The minimum atomic E-state index is -0.473. The Morgan fingerprint density at radius 2 is 1.89 bits per heavy atom. The van der Waals surface area contributed by atoms with E-state index >= 15 is 0 Å². The van der Waals surface area contributed by atoms with Gasteiger partial charge in [-0.3, -0.25) is 24.0 Å². The molecule has 1 fully saturated rings. The zero-order valence-corrected chi connectivity index (χ0v) is 15.4. The average molecular weight is 377 g/mol. The first kappa shape index (κ1) is 17.9. The van der Waals surface area contributed by atoms with Crippen molar-refractivity contribution < 1.29 is 14.4 Å². The maximum absolute atomic E-state index is 12.9. The molecule has 1 saturated carbocycles. The van der Waals surface area contributed by atoms with Crippen LogP contribution in [0, 0.1) is 11.3 Å². The molecule has 28 heavy (non-hydrogen) atoms. The fourth-order valence-corrected chi connectivity index (χ4v) is 3.92. The number of imide groups is 1. The van der Waals surface area contributed by atoms with Gasteiger partial charge in [0.2, 0.25) is 0 Å². The van der Waals surface area contributed by atoms with Crippen LogP contribution in [0.5, 0.6) is 0 Å². The molecule has 1 aliphatic carbocycles. The molecular formula is C20H19N5O3. The van der Waals surface area contributed by atoms with Crippen LogP contribution < -0.4 is 5.32 Å². The lowest BCUT2D eigenvalue weighted by Gasteiger charge is -2.29. The molecule has 1 N–H and O–H groups in total. The standard InChI is InChI=1S/C20H19N5O3/c1-24-17(13(10-21)11-22-24)23-18(26)12-7-8-15-16(9-12)20(28)25(19(15)27)14-5-3-2-4-6-14/h7-9,11,14H,2-6H2,1H3,(H,23,26). The molecule has 1 aromatic heterocycles. The number of amides is 3. The number of carbonyl (C=O) groups is 3. The minimum absolute atomic E-state index is 0.0638. The number of rotatable bonds is 3. The van der Waals surface area contributed by atoms with Gasteiger partial charge in [-0.15, -0.1) is 0 Å². The lowest BCUT2D eigenvalue weighted by molar-refractivity contribution is 0.0549. The number of aryl methyl sites for hydroxylation is 1. The van der Waals surface area contributed by atoms with Gasteiger partial charge in [-0.2, -0.15) is 10.4 Å². The van der Waals surface area contributed by atoms with E-state index in [1.54, 1.807) is 7.05 Å². The second-order valence-corrected chi connectivity index (χ2v) is 7.13. The number of nitrogens with one attached hydrogen (secondary N) is 1. The third-order valence-corrected chi connectivity index (χ3v) is 5.41. The Morgan fingerprint density at radius 1 is 1.18 bits per heavy atom. The largest absolute Gasteiger partial charge is 0.306 e. The second kappa shape index (κ2) is 6.93. The third-order valence-electron chi connectivity index (χ3n) is 5.41. The van der Waals surface area contributed by atoms with Gasteiger partial charge in [-0.1, -0.05) is 19.3 Å². The summed E-state index contributed by atoms with van der Waals surface area (Å²) in [7, 11) is 1.61. The van der Waals surface area contributed by atoms with Gasteiger partial charge >= 0.3 is 0 Å². The van der Waals surface area contributed by atoms with E-state index in [4.69, 9.17) is 5.26 Å². The summed E-state index contributed by atoms with van der Waals surface area (Å²) < 4.78 is 1.39. The van der Waals surface area contributed by atoms with Gasteiger partial charge in [0.15, 0.2) is 0 Å². The first-order chi connectivity index (χ1) is 13.5. The first-order valence-electron chi connectivity index (χ1n) is 9.26. The molecule has 0 atom stereocenters. The Morgan fingerprint density at radius 3 is 2.61 bits per heavy atom. The van der Waals surface area contributed by atoms with Crippen molar-refractivity contribution in [3.8, 4) is 6.07 Å². The number of nitrogens with zero attached hydrogens (tertiary/aromatic N) is 4. The number of aromatic nitrogens is 2. The quantitative estimate of drug-likeness (QED) is 0.827. The van der Waals surface area contributed by atoms with Gasteiger partial charge in [-0.25, -0.2) is 0 Å². The van der Waals surface area contributed by atoms with E-state index in [1.807, 2.05) is 6.07 Å². The fraction of sp³-hybridized carbons (Fsp3) is 0.350. The summed E-state index contributed by atoms with van der Waals surface area (Å²) in [4.78, 5) is 39.6. The van der Waals surface area contributed by atoms with E-state index in [1.165, 1.54) is 34.0 Å². The molecule has 2 heterocycles. The van der Waals surface area contributed by atoms with Gasteiger partial charge in [0.1, 0.15) is 17.5 Å². The van der Waals surface area contributed by atoms with Gasteiger partial charge in [0, 0.05) is 18.7 Å². The minimum Gasteiger partial charge on any atom is -0.306 e. The number of anilines is 1. The van der Waals surface area contributed by atoms with Crippen molar-refractivity contribution in [2.24, 2.45) is 7.05 Å². The van der Waals surface area contributed by atoms with Crippen molar-refractivity contribution in [3.63, 3.8) is 0 Å². The molecule has 8 nitrogen and oxygen atoms in total. The molecule has 8 heteroatoms. The van der Waals surface area contributed by atoms with Crippen LogP contribution in [-0.2, 0) is 7.05 Å². The van der Waals surface area contributed by atoms with Crippen LogP contribution in [-0.4, -0.2) is 38.4 Å². The average Bonchev–Trinajstić information content (AvgIpc) is 3.19. The van der Waals surface area contributed by atoms with Crippen LogP contribution in [0.2, 0.25) is 0 Å². The topological polar surface area (TPSA) is 108 Å². The Labute approximate surface area is 161 Å². The zero-order chi connectivity index (χ0) is 19.8. The van der Waals surface area contributed by atoms with E-state index in [9.17, 15) is 14.4 Å². The van der Waals surface area contributed by atoms with Crippen molar-refractivity contribution in [2.75, 3.05) is 5.32 Å². The smallest absolute Gasteiger partial charge is 0.261 e.